The highest BCUT2D eigenvalue weighted by molar-refractivity contribution is 8.00. The predicted octanol–water partition coefficient (Wildman–Crippen LogP) is 2.76. The number of carbonyl (C=O) groups excluding carboxylic acids is 1. The van der Waals surface area contributed by atoms with E-state index in [-0.39, 0.29) is 17.2 Å². The van der Waals surface area contributed by atoms with E-state index >= 15 is 0 Å². The molecule has 0 saturated heterocycles. The van der Waals surface area contributed by atoms with Crippen LogP contribution in [0, 0.1) is 11.3 Å². The van der Waals surface area contributed by atoms with Crippen LogP contribution in [0.2, 0.25) is 0 Å². The molecule has 1 heterocycles. The van der Waals surface area contributed by atoms with Crippen molar-refractivity contribution in [3.05, 3.63) is 48.7 Å². The van der Waals surface area contributed by atoms with Gasteiger partial charge in [-0.3, -0.25) is 4.79 Å². The summed E-state index contributed by atoms with van der Waals surface area (Å²) in [5.74, 6) is -0.141. The fraction of sp³-hybridized carbons (Fsp3) is 0.316. The summed E-state index contributed by atoms with van der Waals surface area (Å²) in [6.07, 6.45) is 1.52. The summed E-state index contributed by atoms with van der Waals surface area (Å²) in [5.41, 5.74) is 0.732. The highest BCUT2D eigenvalue weighted by Crippen LogP contribution is 2.26. The molecule has 0 saturated carbocycles. The zero-order valence-electron chi connectivity index (χ0n) is 15.9. The molecule has 28 heavy (non-hydrogen) atoms. The number of hydrogen-bond donors (Lipinski definition) is 0. The van der Waals surface area contributed by atoms with Crippen molar-refractivity contribution in [3.63, 3.8) is 0 Å². The topological polar surface area (TPSA) is 94.4 Å². The van der Waals surface area contributed by atoms with Crippen LogP contribution in [0.15, 0.2) is 58.6 Å². The van der Waals surface area contributed by atoms with E-state index in [0.717, 1.165) is 9.99 Å². The molecule has 0 aliphatic carbocycles. The molecule has 1 atom stereocenters. The predicted molar refractivity (Wildman–Crippen MR) is 109 cm³/mol. The van der Waals surface area contributed by atoms with Crippen molar-refractivity contribution in [2.75, 3.05) is 25.5 Å². The van der Waals surface area contributed by atoms with E-state index in [1.165, 1.54) is 38.1 Å². The molecule has 0 N–H and O–H groups in total. The number of nitrogens with zero attached hydrogens (tertiary/aromatic N) is 4. The van der Waals surface area contributed by atoms with E-state index in [9.17, 15) is 13.2 Å². The monoisotopic (exact) mass is 418 g/mol. The molecule has 2 aromatic rings. The van der Waals surface area contributed by atoms with Gasteiger partial charge in [0.05, 0.1) is 22.8 Å². The average Bonchev–Trinajstić information content (AvgIpc) is 2.69. The van der Waals surface area contributed by atoms with E-state index in [1.807, 2.05) is 30.3 Å². The third kappa shape index (κ3) is 5.32. The second-order valence-corrected chi connectivity index (χ2v) is 9.63. The zero-order chi connectivity index (χ0) is 20.7. The average molecular weight is 419 g/mol. The van der Waals surface area contributed by atoms with Crippen LogP contribution in [0.25, 0.3) is 0 Å². The first-order valence-electron chi connectivity index (χ1n) is 8.56. The SMILES string of the molecule is C[C@@H](Sc1ccc(S(=O)(=O)N(C)C)cn1)C(=O)N(CCC#N)c1ccccc1. The molecule has 1 amide bonds. The van der Waals surface area contributed by atoms with E-state index in [4.69, 9.17) is 5.26 Å². The zero-order valence-corrected chi connectivity index (χ0v) is 17.6. The summed E-state index contributed by atoms with van der Waals surface area (Å²) < 4.78 is 25.3. The number of rotatable bonds is 8. The highest BCUT2D eigenvalue weighted by Gasteiger charge is 2.24. The van der Waals surface area contributed by atoms with Crippen LogP contribution >= 0.6 is 11.8 Å². The van der Waals surface area contributed by atoms with Crippen molar-refractivity contribution in [3.8, 4) is 6.07 Å². The lowest BCUT2D eigenvalue weighted by atomic mass is 10.2. The van der Waals surface area contributed by atoms with Gasteiger partial charge in [0.25, 0.3) is 0 Å². The maximum atomic E-state index is 12.9. The third-order valence-corrected chi connectivity index (χ3v) is 6.75. The molecule has 1 aromatic carbocycles. The summed E-state index contributed by atoms with van der Waals surface area (Å²) in [6.45, 7) is 2.07. The van der Waals surface area contributed by atoms with Crippen LogP contribution in [0.5, 0.6) is 0 Å². The van der Waals surface area contributed by atoms with Gasteiger partial charge in [0, 0.05) is 32.5 Å². The van der Waals surface area contributed by atoms with Crippen molar-refractivity contribution in [2.45, 2.75) is 28.5 Å². The molecule has 9 heteroatoms. The quantitative estimate of drug-likeness (QED) is 0.612. The van der Waals surface area contributed by atoms with Crippen LogP contribution < -0.4 is 4.90 Å². The van der Waals surface area contributed by atoms with Gasteiger partial charge in [-0.05, 0) is 31.2 Å². The van der Waals surface area contributed by atoms with Gasteiger partial charge in [-0.1, -0.05) is 30.0 Å². The second-order valence-electron chi connectivity index (χ2n) is 6.11. The molecular weight excluding hydrogens is 396 g/mol. The molecule has 0 fully saturated rings. The normalized spacial score (nSPS) is 12.4. The maximum absolute atomic E-state index is 12.9. The molecule has 148 valence electrons. The van der Waals surface area contributed by atoms with Crippen molar-refractivity contribution in [1.82, 2.24) is 9.29 Å². The van der Waals surface area contributed by atoms with Gasteiger partial charge in [0.1, 0.15) is 4.90 Å². The van der Waals surface area contributed by atoms with Gasteiger partial charge >= 0.3 is 0 Å². The molecule has 1 aromatic heterocycles. The van der Waals surface area contributed by atoms with Crippen molar-refractivity contribution < 1.29 is 13.2 Å². The highest BCUT2D eigenvalue weighted by atomic mass is 32.2. The second kappa shape index (κ2) is 9.68. The first kappa shape index (κ1) is 21.9. The van der Waals surface area contributed by atoms with Crippen LogP contribution in [-0.4, -0.2) is 49.5 Å². The Morgan fingerprint density at radius 2 is 1.89 bits per heavy atom. The van der Waals surface area contributed by atoms with Gasteiger partial charge in [-0.25, -0.2) is 17.7 Å². The molecule has 7 nitrogen and oxygen atoms in total. The van der Waals surface area contributed by atoms with Crippen molar-refractivity contribution >= 4 is 33.4 Å². The third-order valence-electron chi connectivity index (χ3n) is 3.91. The lowest BCUT2D eigenvalue weighted by Gasteiger charge is -2.24. The van der Waals surface area contributed by atoms with Gasteiger partial charge in [0.2, 0.25) is 15.9 Å². The lowest BCUT2D eigenvalue weighted by molar-refractivity contribution is -0.117. The summed E-state index contributed by atoms with van der Waals surface area (Å²) in [4.78, 5) is 18.8. The van der Waals surface area contributed by atoms with Crippen molar-refractivity contribution in [1.29, 1.82) is 5.26 Å². The summed E-state index contributed by atoms with van der Waals surface area (Å²) >= 11 is 1.24. The van der Waals surface area contributed by atoms with E-state index in [1.54, 1.807) is 17.9 Å². The number of amides is 1. The number of nitriles is 1. The Morgan fingerprint density at radius 1 is 1.21 bits per heavy atom. The Balaban J connectivity index is 2.15. The molecule has 0 bridgehead atoms. The number of benzene rings is 1. The molecule has 0 spiro atoms. The number of anilines is 1. The Hall–Kier alpha value is -2.41. The summed E-state index contributed by atoms with van der Waals surface area (Å²) in [6, 6.07) is 14.3. The molecule has 0 aliphatic rings. The number of hydrogen-bond acceptors (Lipinski definition) is 6. The fourth-order valence-electron chi connectivity index (χ4n) is 2.39. The molecule has 0 unspecified atom stereocenters. The van der Waals surface area contributed by atoms with Crippen LogP contribution in [0.1, 0.15) is 13.3 Å². The van der Waals surface area contributed by atoms with Crippen LogP contribution in [-0.2, 0) is 14.8 Å². The molecule has 0 aliphatic heterocycles. The minimum Gasteiger partial charge on any atom is -0.310 e. The number of thioether (sulfide) groups is 1. The van der Waals surface area contributed by atoms with E-state index in [2.05, 4.69) is 11.1 Å². The smallest absolute Gasteiger partial charge is 0.244 e. The number of carbonyl (C=O) groups is 1. The first-order chi connectivity index (χ1) is 13.3. The van der Waals surface area contributed by atoms with Gasteiger partial charge < -0.3 is 4.90 Å². The van der Waals surface area contributed by atoms with E-state index < -0.39 is 15.3 Å². The Morgan fingerprint density at radius 3 is 2.43 bits per heavy atom. The van der Waals surface area contributed by atoms with Gasteiger partial charge in [-0.2, -0.15) is 5.26 Å². The Labute approximate surface area is 170 Å². The fourth-order valence-corrected chi connectivity index (χ4v) is 4.09. The number of para-hydroxylation sites is 1. The Bertz CT molecular complexity index is 939. The number of aromatic nitrogens is 1. The van der Waals surface area contributed by atoms with Crippen molar-refractivity contribution in [2.24, 2.45) is 0 Å². The maximum Gasteiger partial charge on any atom is 0.244 e. The van der Waals surface area contributed by atoms with Crippen LogP contribution in [0.4, 0.5) is 5.69 Å². The minimum absolute atomic E-state index is 0.0979. The van der Waals surface area contributed by atoms with Gasteiger partial charge in [0.15, 0.2) is 0 Å². The largest absolute Gasteiger partial charge is 0.310 e. The molecule has 2 rings (SSSR count). The number of sulfonamides is 1. The first-order valence-corrected chi connectivity index (χ1v) is 10.9. The molecule has 0 radical (unpaired) electrons. The summed E-state index contributed by atoms with van der Waals surface area (Å²) in [5, 5.41) is 8.98. The minimum atomic E-state index is -3.54. The van der Waals surface area contributed by atoms with Gasteiger partial charge in [-0.15, -0.1) is 0 Å². The standard InChI is InChI=1S/C19H22N4O3S2/c1-15(19(24)23(13-7-12-20)16-8-5-4-6-9-16)27-18-11-10-17(14-21-18)28(25,26)22(2)3/h4-6,8-11,14-15H,7,13H2,1-3H3/t15-/m1/s1. The lowest BCUT2D eigenvalue weighted by Crippen LogP contribution is -2.37. The number of pyridine rings is 1. The summed E-state index contributed by atoms with van der Waals surface area (Å²) in [7, 11) is -0.629. The molecular formula is C19H22N4O3S2. The van der Waals surface area contributed by atoms with E-state index in [0.29, 0.717) is 11.6 Å². The van der Waals surface area contributed by atoms with Crippen LogP contribution in [0.3, 0.4) is 0 Å². The Kier molecular flexibility index (Phi) is 7.57.